The highest BCUT2D eigenvalue weighted by atomic mass is 19.1. The van der Waals surface area contributed by atoms with E-state index >= 15 is 0 Å². The van der Waals surface area contributed by atoms with E-state index in [1.165, 1.54) is 19.3 Å². The molecule has 20 heavy (non-hydrogen) atoms. The maximum absolute atomic E-state index is 14.1. The smallest absolute Gasteiger partial charge is 0.135 e. The van der Waals surface area contributed by atoms with Crippen molar-refractivity contribution in [2.24, 2.45) is 0 Å². The second-order valence-corrected chi connectivity index (χ2v) is 4.68. The quantitative estimate of drug-likeness (QED) is 0.763. The van der Waals surface area contributed by atoms with Crippen LogP contribution in [0.1, 0.15) is 22.8 Å². The average Bonchev–Trinajstić information content (AvgIpc) is 2.87. The van der Waals surface area contributed by atoms with Crippen molar-refractivity contribution in [2.45, 2.75) is 13.0 Å². The Kier molecular flexibility index (Phi) is 3.03. The van der Waals surface area contributed by atoms with Gasteiger partial charge in [-0.05, 0) is 24.6 Å². The zero-order chi connectivity index (χ0) is 14.3. The van der Waals surface area contributed by atoms with Crippen LogP contribution in [0, 0.1) is 18.6 Å². The van der Waals surface area contributed by atoms with Gasteiger partial charge in [0.1, 0.15) is 23.3 Å². The van der Waals surface area contributed by atoms with Gasteiger partial charge in [0.05, 0.1) is 11.8 Å². The standard InChI is InChI=1S/C16H12F2O2/c1-9-6-7-12(17)14(15(9)18)16(19)11-8-20-13-5-3-2-4-10(11)13/h2-8,16,19H,1H3. The minimum Gasteiger partial charge on any atom is -0.464 e. The van der Waals surface area contributed by atoms with E-state index in [9.17, 15) is 13.9 Å². The summed E-state index contributed by atoms with van der Waals surface area (Å²) in [6, 6.07) is 9.53. The molecule has 0 saturated carbocycles. The summed E-state index contributed by atoms with van der Waals surface area (Å²) in [7, 11) is 0. The molecule has 0 saturated heterocycles. The van der Waals surface area contributed by atoms with Gasteiger partial charge in [0.25, 0.3) is 0 Å². The maximum atomic E-state index is 14.1. The molecule has 0 fully saturated rings. The second-order valence-electron chi connectivity index (χ2n) is 4.68. The molecule has 3 rings (SSSR count). The maximum Gasteiger partial charge on any atom is 0.135 e. The van der Waals surface area contributed by atoms with E-state index in [1.54, 1.807) is 24.3 Å². The predicted octanol–water partition coefficient (Wildman–Crippen LogP) is 4.10. The molecule has 0 aliphatic heterocycles. The Labute approximate surface area is 114 Å². The molecular weight excluding hydrogens is 262 g/mol. The van der Waals surface area contributed by atoms with Gasteiger partial charge in [0.15, 0.2) is 0 Å². The number of hydrogen-bond donors (Lipinski definition) is 1. The van der Waals surface area contributed by atoms with Gasteiger partial charge in [0.2, 0.25) is 0 Å². The van der Waals surface area contributed by atoms with Crippen LogP contribution in [0.15, 0.2) is 47.1 Å². The summed E-state index contributed by atoms with van der Waals surface area (Å²) in [4.78, 5) is 0. The van der Waals surface area contributed by atoms with Crippen molar-refractivity contribution in [1.82, 2.24) is 0 Å². The number of furan rings is 1. The molecule has 2 aromatic carbocycles. The van der Waals surface area contributed by atoms with Crippen molar-refractivity contribution < 1.29 is 18.3 Å². The molecule has 2 nitrogen and oxygen atoms in total. The monoisotopic (exact) mass is 274 g/mol. The van der Waals surface area contributed by atoms with E-state index in [1.807, 2.05) is 0 Å². The van der Waals surface area contributed by atoms with E-state index in [-0.39, 0.29) is 11.1 Å². The van der Waals surface area contributed by atoms with E-state index in [4.69, 9.17) is 4.42 Å². The molecule has 0 aliphatic carbocycles. The summed E-state index contributed by atoms with van der Waals surface area (Å²) >= 11 is 0. The SMILES string of the molecule is Cc1ccc(F)c(C(O)c2coc3ccccc23)c1F. The first-order valence-corrected chi connectivity index (χ1v) is 6.18. The predicted molar refractivity (Wildman–Crippen MR) is 71.4 cm³/mol. The molecule has 0 radical (unpaired) electrons. The lowest BCUT2D eigenvalue weighted by Gasteiger charge is -2.13. The van der Waals surface area contributed by atoms with Crippen LogP contribution in [-0.2, 0) is 0 Å². The Morgan fingerprint density at radius 3 is 2.65 bits per heavy atom. The Balaban J connectivity index is 2.18. The topological polar surface area (TPSA) is 33.4 Å². The fourth-order valence-corrected chi connectivity index (χ4v) is 2.29. The molecule has 0 aliphatic rings. The van der Waals surface area contributed by atoms with E-state index in [0.717, 1.165) is 6.07 Å². The number of aryl methyl sites for hydroxylation is 1. The van der Waals surface area contributed by atoms with Gasteiger partial charge in [0, 0.05) is 10.9 Å². The Hall–Kier alpha value is -2.20. The fourth-order valence-electron chi connectivity index (χ4n) is 2.29. The largest absolute Gasteiger partial charge is 0.464 e. The first-order chi connectivity index (χ1) is 9.59. The van der Waals surface area contributed by atoms with Crippen LogP contribution in [0.3, 0.4) is 0 Å². The van der Waals surface area contributed by atoms with Gasteiger partial charge in [-0.2, -0.15) is 0 Å². The number of benzene rings is 2. The van der Waals surface area contributed by atoms with Crippen LogP contribution in [0.25, 0.3) is 11.0 Å². The highest BCUT2D eigenvalue weighted by Crippen LogP contribution is 2.33. The van der Waals surface area contributed by atoms with Crippen molar-refractivity contribution in [3.63, 3.8) is 0 Å². The summed E-state index contributed by atoms with van der Waals surface area (Å²) in [5.74, 6) is -1.51. The second kappa shape index (κ2) is 4.72. The zero-order valence-corrected chi connectivity index (χ0v) is 10.7. The molecule has 102 valence electrons. The lowest BCUT2D eigenvalue weighted by Crippen LogP contribution is -2.06. The summed E-state index contributed by atoms with van der Waals surface area (Å²) in [6.45, 7) is 1.53. The number of para-hydroxylation sites is 1. The van der Waals surface area contributed by atoms with Crippen LogP contribution in [0.5, 0.6) is 0 Å². The van der Waals surface area contributed by atoms with Crippen molar-refractivity contribution in [3.05, 3.63) is 71.0 Å². The Morgan fingerprint density at radius 2 is 1.85 bits per heavy atom. The summed E-state index contributed by atoms with van der Waals surface area (Å²) in [5, 5.41) is 11.0. The minimum absolute atomic E-state index is 0.285. The molecule has 0 bridgehead atoms. The molecule has 0 spiro atoms. The van der Waals surface area contributed by atoms with Gasteiger partial charge in [-0.15, -0.1) is 0 Å². The molecule has 1 unspecified atom stereocenters. The van der Waals surface area contributed by atoms with Crippen LogP contribution in [0.2, 0.25) is 0 Å². The lowest BCUT2D eigenvalue weighted by molar-refractivity contribution is 0.209. The highest BCUT2D eigenvalue weighted by Gasteiger charge is 2.24. The summed E-state index contributed by atoms with van der Waals surface area (Å²) < 4.78 is 33.2. The van der Waals surface area contributed by atoms with Crippen molar-refractivity contribution in [2.75, 3.05) is 0 Å². The van der Waals surface area contributed by atoms with Gasteiger partial charge in [-0.1, -0.05) is 24.3 Å². The normalized spacial score (nSPS) is 12.8. The Morgan fingerprint density at radius 1 is 1.10 bits per heavy atom. The van der Waals surface area contributed by atoms with Crippen LogP contribution < -0.4 is 0 Å². The summed E-state index contributed by atoms with van der Waals surface area (Å²) in [5.41, 5.74) is 0.851. The first kappa shape index (κ1) is 12.8. The zero-order valence-electron chi connectivity index (χ0n) is 10.7. The van der Waals surface area contributed by atoms with Gasteiger partial charge >= 0.3 is 0 Å². The number of hydrogen-bond acceptors (Lipinski definition) is 2. The van der Waals surface area contributed by atoms with Crippen molar-refractivity contribution >= 4 is 11.0 Å². The minimum atomic E-state index is -1.40. The summed E-state index contributed by atoms with van der Waals surface area (Å²) in [6.07, 6.45) is -0.0742. The van der Waals surface area contributed by atoms with E-state index in [2.05, 4.69) is 0 Å². The molecule has 1 N–H and O–H groups in total. The van der Waals surface area contributed by atoms with Crippen LogP contribution in [-0.4, -0.2) is 5.11 Å². The molecule has 1 aromatic heterocycles. The Bertz CT molecular complexity index is 777. The number of fused-ring (bicyclic) bond motifs is 1. The van der Waals surface area contributed by atoms with Gasteiger partial charge < -0.3 is 9.52 Å². The fraction of sp³-hybridized carbons (Fsp3) is 0.125. The first-order valence-electron chi connectivity index (χ1n) is 6.18. The third-order valence-corrected chi connectivity index (χ3v) is 3.40. The number of halogens is 2. The molecule has 3 aromatic rings. The van der Waals surface area contributed by atoms with E-state index in [0.29, 0.717) is 16.5 Å². The molecule has 4 heteroatoms. The van der Waals surface area contributed by atoms with Crippen molar-refractivity contribution in [1.29, 1.82) is 0 Å². The highest BCUT2D eigenvalue weighted by molar-refractivity contribution is 5.81. The molecule has 1 heterocycles. The van der Waals surface area contributed by atoms with Crippen LogP contribution in [0.4, 0.5) is 8.78 Å². The van der Waals surface area contributed by atoms with E-state index < -0.39 is 17.7 Å². The third-order valence-electron chi connectivity index (χ3n) is 3.40. The van der Waals surface area contributed by atoms with Gasteiger partial charge in [-0.3, -0.25) is 0 Å². The van der Waals surface area contributed by atoms with Crippen LogP contribution >= 0.6 is 0 Å². The van der Waals surface area contributed by atoms with Gasteiger partial charge in [-0.25, -0.2) is 8.78 Å². The number of aliphatic hydroxyl groups is 1. The molecular formula is C16H12F2O2. The average molecular weight is 274 g/mol. The number of aliphatic hydroxyl groups excluding tert-OH is 1. The molecule has 0 amide bonds. The lowest BCUT2D eigenvalue weighted by atomic mass is 9.98. The number of rotatable bonds is 2. The third kappa shape index (κ3) is 1.89. The van der Waals surface area contributed by atoms with Crippen molar-refractivity contribution in [3.8, 4) is 0 Å². The molecule has 1 atom stereocenters.